The van der Waals surface area contributed by atoms with Crippen LogP contribution in [0.1, 0.15) is 36.1 Å². The third-order valence-corrected chi connectivity index (χ3v) is 3.98. The summed E-state index contributed by atoms with van der Waals surface area (Å²) in [6, 6.07) is 4.60. The van der Waals surface area contributed by atoms with Crippen molar-refractivity contribution in [2.75, 3.05) is 0 Å². The van der Waals surface area contributed by atoms with Gasteiger partial charge in [0.05, 0.1) is 11.7 Å². The first-order valence-electron chi connectivity index (χ1n) is 5.67. The third-order valence-electron chi connectivity index (χ3n) is 3.04. The average molecular weight is 236 g/mol. The molecule has 1 fully saturated rings. The molecule has 0 saturated heterocycles. The number of nitrogens with zero attached hydrogens (tertiary/aromatic N) is 1. The fourth-order valence-corrected chi connectivity index (χ4v) is 2.82. The third kappa shape index (κ3) is 3.05. The van der Waals surface area contributed by atoms with Gasteiger partial charge in [-0.25, -0.2) is 0 Å². The lowest BCUT2D eigenvalue weighted by Gasteiger charge is -2.26. The van der Waals surface area contributed by atoms with Crippen LogP contribution < -0.4 is 5.32 Å². The van der Waals surface area contributed by atoms with Crippen molar-refractivity contribution >= 4 is 11.3 Å². The van der Waals surface area contributed by atoms with E-state index in [1.807, 2.05) is 11.4 Å². The average Bonchev–Trinajstić information content (AvgIpc) is 2.76. The van der Waals surface area contributed by atoms with Crippen molar-refractivity contribution in [2.24, 2.45) is 0 Å². The van der Waals surface area contributed by atoms with Crippen LogP contribution in [0.4, 0.5) is 0 Å². The van der Waals surface area contributed by atoms with Crippen LogP contribution in [-0.2, 0) is 6.54 Å². The Morgan fingerprint density at radius 3 is 2.81 bits per heavy atom. The Hall–Kier alpha value is -0.890. The van der Waals surface area contributed by atoms with E-state index in [0.29, 0.717) is 6.04 Å². The molecule has 0 unspecified atom stereocenters. The number of aliphatic hydroxyl groups is 1. The van der Waals surface area contributed by atoms with E-state index in [9.17, 15) is 5.11 Å². The molecule has 0 aliphatic heterocycles. The number of nitriles is 1. The SMILES string of the molecule is N#Cc1csc(CNC2CCC(O)CC2)c1. The van der Waals surface area contributed by atoms with Crippen LogP contribution in [0.15, 0.2) is 11.4 Å². The maximum absolute atomic E-state index is 9.39. The summed E-state index contributed by atoms with van der Waals surface area (Å²) in [4.78, 5) is 1.21. The molecule has 0 radical (unpaired) electrons. The van der Waals surface area contributed by atoms with E-state index in [0.717, 1.165) is 37.8 Å². The van der Waals surface area contributed by atoms with Crippen molar-refractivity contribution in [3.63, 3.8) is 0 Å². The summed E-state index contributed by atoms with van der Waals surface area (Å²) in [5, 5.41) is 23.5. The quantitative estimate of drug-likeness (QED) is 0.844. The second-order valence-electron chi connectivity index (χ2n) is 4.30. The molecule has 1 aliphatic carbocycles. The van der Waals surface area contributed by atoms with E-state index in [1.54, 1.807) is 11.3 Å². The fraction of sp³-hybridized carbons (Fsp3) is 0.583. The minimum absolute atomic E-state index is 0.0926. The fourth-order valence-electron chi connectivity index (χ4n) is 2.06. The van der Waals surface area contributed by atoms with Crippen molar-refractivity contribution in [1.29, 1.82) is 5.26 Å². The highest BCUT2D eigenvalue weighted by Crippen LogP contribution is 2.20. The Morgan fingerprint density at radius 2 is 2.19 bits per heavy atom. The Bertz CT molecular complexity index is 375. The summed E-state index contributed by atoms with van der Waals surface area (Å²) in [5.41, 5.74) is 0.751. The van der Waals surface area contributed by atoms with Gasteiger partial charge in [-0.1, -0.05) is 0 Å². The van der Waals surface area contributed by atoms with Gasteiger partial charge in [-0.05, 0) is 31.7 Å². The molecule has 1 aliphatic rings. The van der Waals surface area contributed by atoms with Crippen LogP contribution in [-0.4, -0.2) is 17.3 Å². The highest BCUT2D eigenvalue weighted by atomic mass is 32.1. The number of rotatable bonds is 3. The number of thiophene rings is 1. The maximum atomic E-state index is 9.39. The molecule has 0 atom stereocenters. The number of nitrogens with one attached hydrogen (secondary N) is 1. The molecule has 3 nitrogen and oxygen atoms in total. The monoisotopic (exact) mass is 236 g/mol. The van der Waals surface area contributed by atoms with Gasteiger partial charge in [0.2, 0.25) is 0 Å². The van der Waals surface area contributed by atoms with Crippen molar-refractivity contribution in [2.45, 2.75) is 44.4 Å². The Labute approximate surface area is 99.7 Å². The number of hydrogen-bond donors (Lipinski definition) is 2. The second kappa shape index (κ2) is 5.44. The van der Waals surface area contributed by atoms with Gasteiger partial charge in [-0.2, -0.15) is 5.26 Å². The molecule has 1 saturated carbocycles. The van der Waals surface area contributed by atoms with Gasteiger partial charge in [0, 0.05) is 22.8 Å². The van der Waals surface area contributed by atoms with E-state index < -0.39 is 0 Å². The summed E-state index contributed by atoms with van der Waals surface area (Å²) in [6.07, 6.45) is 3.83. The van der Waals surface area contributed by atoms with Crippen LogP contribution in [0, 0.1) is 11.3 Å². The predicted molar refractivity (Wildman–Crippen MR) is 64.1 cm³/mol. The Balaban J connectivity index is 1.77. The highest BCUT2D eigenvalue weighted by Gasteiger charge is 2.18. The van der Waals surface area contributed by atoms with E-state index in [1.165, 1.54) is 4.88 Å². The first-order valence-corrected chi connectivity index (χ1v) is 6.55. The first-order chi connectivity index (χ1) is 7.78. The van der Waals surface area contributed by atoms with Crippen molar-refractivity contribution in [1.82, 2.24) is 5.32 Å². The molecule has 1 heterocycles. The number of aliphatic hydroxyl groups excluding tert-OH is 1. The van der Waals surface area contributed by atoms with E-state index >= 15 is 0 Å². The van der Waals surface area contributed by atoms with Gasteiger partial charge in [-0.3, -0.25) is 0 Å². The lowest BCUT2D eigenvalue weighted by atomic mass is 9.93. The summed E-state index contributed by atoms with van der Waals surface area (Å²) in [5.74, 6) is 0. The molecule has 2 rings (SSSR count). The second-order valence-corrected chi connectivity index (χ2v) is 5.30. The first kappa shape index (κ1) is 11.6. The summed E-state index contributed by atoms with van der Waals surface area (Å²) >= 11 is 1.63. The van der Waals surface area contributed by atoms with Crippen molar-refractivity contribution < 1.29 is 5.11 Å². The summed E-state index contributed by atoms with van der Waals surface area (Å²) < 4.78 is 0. The van der Waals surface area contributed by atoms with Gasteiger partial charge >= 0.3 is 0 Å². The smallest absolute Gasteiger partial charge is 0.100 e. The van der Waals surface area contributed by atoms with E-state index in [-0.39, 0.29) is 6.10 Å². The predicted octanol–water partition coefficient (Wildman–Crippen LogP) is 2.01. The largest absolute Gasteiger partial charge is 0.393 e. The summed E-state index contributed by atoms with van der Waals surface area (Å²) in [6.45, 7) is 0.840. The highest BCUT2D eigenvalue weighted by molar-refractivity contribution is 7.10. The molecule has 1 aromatic heterocycles. The topological polar surface area (TPSA) is 56.0 Å². The van der Waals surface area contributed by atoms with Crippen LogP contribution in [0.2, 0.25) is 0 Å². The normalized spacial score (nSPS) is 25.2. The molecule has 86 valence electrons. The van der Waals surface area contributed by atoms with Crippen molar-refractivity contribution in [3.8, 4) is 6.07 Å². The molecular formula is C12H16N2OS. The zero-order valence-corrected chi connectivity index (χ0v) is 9.96. The number of hydrogen-bond acceptors (Lipinski definition) is 4. The molecule has 16 heavy (non-hydrogen) atoms. The standard InChI is InChI=1S/C12H16N2OS/c13-6-9-5-12(16-8-9)7-14-10-1-3-11(15)4-2-10/h5,8,10-11,14-15H,1-4,7H2. The minimum atomic E-state index is -0.0926. The molecular weight excluding hydrogens is 220 g/mol. The minimum Gasteiger partial charge on any atom is -0.393 e. The van der Waals surface area contributed by atoms with Gasteiger partial charge in [0.15, 0.2) is 0 Å². The van der Waals surface area contributed by atoms with Crippen LogP contribution >= 0.6 is 11.3 Å². The molecule has 0 bridgehead atoms. The van der Waals surface area contributed by atoms with E-state index in [2.05, 4.69) is 11.4 Å². The zero-order valence-electron chi connectivity index (χ0n) is 9.15. The van der Waals surface area contributed by atoms with E-state index in [4.69, 9.17) is 5.26 Å². The molecule has 0 aromatic carbocycles. The van der Waals surface area contributed by atoms with Crippen LogP contribution in [0.25, 0.3) is 0 Å². The Kier molecular flexibility index (Phi) is 3.94. The van der Waals surface area contributed by atoms with Crippen molar-refractivity contribution in [3.05, 3.63) is 21.9 Å². The van der Waals surface area contributed by atoms with Crippen LogP contribution in [0.3, 0.4) is 0 Å². The van der Waals surface area contributed by atoms with Crippen LogP contribution in [0.5, 0.6) is 0 Å². The maximum Gasteiger partial charge on any atom is 0.100 e. The van der Waals surface area contributed by atoms with Gasteiger partial charge in [0.25, 0.3) is 0 Å². The summed E-state index contributed by atoms with van der Waals surface area (Å²) in [7, 11) is 0. The van der Waals surface area contributed by atoms with Gasteiger partial charge in [0.1, 0.15) is 6.07 Å². The lowest BCUT2D eigenvalue weighted by Crippen LogP contribution is -2.33. The molecule has 0 amide bonds. The molecule has 1 aromatic rings. The van der Waals surface area contributed by atoms with Gasteiger partial charge in [-0.15, -0.1) is 11.3 Å². The molecule has 2 N–H and O–H groups in total. The molecule has 4 heteroatoms. The Morgan fingerprint density at radius 1 is 1.44 bits per heavy atom. The lowest BCUT2D eigenvalue weighted by molar-refractivity contribution is 0.116. The zero-order chi connectivity index (χ0) is 11.4. The van der Waals surface area contributed by atoms with Gasteiger partial charge < -0.3 is 10.4 Å². The molecule has 0 spiro atoms.